The number of amidine groups is 1. The van der Waals surface area contributed by atoms with Gasteiger partial charge in [-0.05, 0) is 42.5 Å². The quantitative estimate of drug-likeness (QED) is 0.202. The molecule has 1 aromatic heterocycles. The molecule has 2 amide bonds. The van der Waals surface area contributed by atoms with E-state index in [2.05, 4.69) is 15.2 Å². The summed E-state index contributed by atoms with van der Waals surface area (Å²) in [6, 6.07) is 9.09. The molecule has 2 saturated heterocycles. The standard InChI is InChI=1S/C35H28ClF3N6O6S/c1-50-34(48)29-26(41-31(32-40-8-11-52-32)42-30(29)22-5-3-19(37)13-23(22)36)17-43-9-10-44-20(15-43)16-45(35(44)49)27-6-4-21(14-24(27)38)51-28-7-2-18(33(46)47)12-25(28)39/h2-8,11-14,20,30H,9-10,15-17H2,1H3,(H,41,42)(H,46,47)/t20-,30-/m0/s1. The Hall–Kier alpha value is -5.45. The Labute approximate surface area is 303 Å². The number of hydrogen-bond acceptors (Lipinski definition) is 10. The highest BCUT2D eigenvalue weighted by Crippen LogP contribution is 2.38. The Morgan fingerprint density at radius 1 is 1.06 bits per heavy atom. The number of nitrogens with zero attached hydrogens (tertiary/aromatic N) is 5. The van der Waals surface area contributed by atoms with E-state index in [4.69, 9.17) is 31.2 Å². The molecule has 0 aliphatic carbocycles. The number of benzene rings is 3. The van der Waals surface area contributed by atoms with E-state index in [-0.39, 0.29) is 58.5 Å². The summed E-state index contributed by atoms with van der Waals surface area (Å²) in [6.07, 6.45) is 1.62. The van der Waals surface area contributed by atoms with Gasteiger partial charge >= 0.3 is 18.0 Å². The van der Waals surface area contributed by atoms with E-state index in [0.29, 0.717) is 41.7 Å². The minimum atomic E-state index is -1.31. The molecule has 3 aliphatic rings. The number of ether oxygens (including phenoxy) is 2. The van der Waals surface area contributed by atoms with Gasteiger partial charge in [-0.3, -0.25) is 14.8 Å². The van der Waals surface area contributed by atoms with Crippen molar-refractivity contribution < 1.29 is 42.1 Å². The number of nitrogens with one attached hydrogen (secondary N) is 1. The number of aromatic carboxylic acids is 1. The molecular formula is C35H28ClF3N6O6S. The Balaban J connectivity index is 1.11. The molecule has 52 heavy (non-hydrogen) atoms. The zero-order valence-electron chi connectivity index (χ0n) is 27.2. The molecule has 0 unspecified atom stereocenters. The number of piperazine rings is 1. The highest BCUT2D eigenvalue weighted by atomic mass is 35.5. The van der Waals surface area contributed by atoms with Crippen molar-refractivity contribution in [1.82, 2.24) is 20.1 Å². The van der Waals surface area contributed by atoms with Crippen LogP contribution in [-0.4, -0.2) is 89.6 Å². The highest BCUT2D eigenvalue weighted by molar-refractivity contribution is 7.11. The Morgan fingerprint density at radius 3 is 2.58 bits per heavy atom. The second kappa shape index (κ2) is 14.3. The molecular weight excluding hydrogens is 725 g/mol. The second-order valence-corrected chi connectivity index (χ2v) is 13.3. The van der Waals surface area contributed by atoms with Gasteiger partial charge in [-0.1, -0.05) is 17.7 Å². The minimum Gasteiger partial charge on any atom is -0.478 e. The van der Waals surface area contributed by atoms with E-state index in [1.54, 1.807) is 16.5 Å². The highest BCUT2D eigenvalue weighted by Gasteiger charge is 2.43. The van der Waals surface area contributed by atoms with Gasteiger partial charge in [-0.2, -0.15) is 0 Å². The number of thiazole rings is 1. The summed E-state index contributed by atoms with van der Waals surface area (Å²) in [5.41, 5.74) is 0.802. The number of methoxy groups -OCH3 is 1. The van der Waals surface area contributed by atoms with Crippen LogP contribution in [0.2, 0.25) is 5.02 Å². The lowest BCUT2D eigenvalue weighted by Gasteiger charge is -2.38. The number of esters is 1. The normalized spacial score (nSPS) is 18.9. The Kier molecular flexibility index (Phi) is 9.61. The monoisotopic (exact) mass is 752 g/mol. The van der Waals surface area contributed by atoms with Crippen LogP contribution in [0.1, 0.15) is 27.0 Å². The summed E-state index contributed by atoms with van der Waals surface area (Å²) in [5.74, 6) is -4.15. The average molecular weight is 753 g/mol. The number of anilines is 1. The molecule has 4 aromatic rings. The van der Waals surface area contributed by atoms with Gasteiger partial charge in [0.1, 0.15) is 17.6 Å². The molecule has 268 valence electrons. The lowest BCUT2D eigenvalue weighted by Crippen LogP contribution is -2.53. The van der Waals surface area contributed by atoms with Crippen molar-refractivity contribution in [2.45, 2.75) is 12.1 Å². The summed E-state index contributed by atoms with van der Waals surface area (Å²) in [6.45, 7) is 1.49. The number of carboxylic acid groups (broad SMARTS) is 1. The zero-order chi connectivity index (χ0) is 36.7. The Morgan fingerprint density at radius 2 is 1.88 bits per heavy atom. The minimum absolute atomic E-state index is 0.00736. The first-order valence-electron chi connectivity index (χ1n) is 15.8. The molecule has 2 atom stereocenters. The molecule has 3 aliphatic heterocycles. The molecule has 0 spiro atoms. The largest absolute Gasteiger partial charge is 0.478 e. The van der Waals surface area contributed by atoms with Crippen LogP contribution in [0.15, 0.2) is 82.4 Å². The number of halogens is 4. The van der Waals surface area contributed by atoms with Crippen molar-refractivity contribution in [3.8, 4) is 11.5 Å². The van der Waals surface area contributed by atoms with Gasteiger partial charge in [0.05, 0.1) is 30.0 Å². The van der Waals surface area contributed by atoms with Crippen LogP contribution < -0.4 is 15.0 Å². The van der Waals surface area contributed by atoms with Crippen molar-refractivity contribution >= 4 is 52.4 Å². The second-order valence-electron chi connectivity index (χ2n) is 12.0. The van der Waals surface area contributed by atoms with E-state index in [0.717, 1.165) is 30.3 Å². The third kappa shape index (κ3) is 6.79. The molecule has 0 radical (unpaired) electrons. The van der Waals surface area contributed by atoms with Crippen LogP contribution in [-0.2, 0) is 9.53 Å². The maximum atomic E-state index is 15.5. The molecule has 4 heterocycles. The lowest BCUT2D eigenvalue weighted by atomic mass is 9.95. The first-order valence-corrected chi connectivity index (χ1v) is 17.1. The van der Waals surface area contributed by atoms with E-state index >= 15 is 4.39 Å². The number of hydrogen-bond donors (Lipinski definition) is 2. The third-order valence-electron chi connectivity index (χ3n) is 8.86. The van der Waals surface area contributed by atoms with E-state index in [1.807, 2.05) is 0 Å². The number of fused-ring (bicyclic) bond motifs is 1. The van der Waals surface area contributed by atoms with Crippen LogP contribution in [0, 0.1) is 17.5 Å². The van der Waals surface area contributed by atoms with Gasteiger partial charge < -0.3 is 24.8 Å². The number of aromatic nitrogens is 1. The van der Waals surface area contributed by atoms with Crippen molar-refractivity contribution in [1.29, 1.82) is 0 Å². The first kappa shape index (κ1) is 35.0. The average Bonchev–Trinajstić information content (AvgIpc) is 3.77. The van der Waals surface area contributed by atoms with Gasteiger partial charge in [0.25, 0.3) is 0 Å². The van der Waals surface area contributed by atoms with Crippen LogP contribution >= 0.6 is 22.9 Å². The predicted octanol–water partition coefficient (Wildman–Crippen LogP) is 5.85. The van der Waals surface area contributed by atoms with E-state index < -0.39 is 35.4 Å². The van der Waals surface area contributed by atoms with Crippen molar-refractivity contribution in [2.75, 3.05) is 44.7 Å². The number of carboxylic acids is 1. The molecule has 2 fully saturated rings. The third-order valence-corrected chi connectivity index (χ3v) is 9.97. The molecule has 3 aromatic carbocycles. The van der Waals surface area contributed by atoms with E-state index in [1.165, 1.54) is 47.6 Å². The molecule has 2 N–H and O–H groups in total. The fourth-order valence-corrected chi connectivity index (χ4v) is 7.28. The number of urea groups is 1. The van der Waals surface area contributed by atoms with Crippen LogP contribution in [0.4, 0.5) is 23.7 Å². The van der Waals surface area contributed by atoms with Gasteiger partial charge in [0, 0.05) is 66.7 Å². The van der Waals surface area contributed by atoms with E-state index in [9.17, 15) is 23.2 Å². The van der Waals surface area contributed by atoms with Crippen molar-refractivity contribution in [3.63, 3.8) is 0 Å². The summed E-state index contributed by atoms with van der Waals surface area (Å²) >= 11 is 7.81. The summed E-state index contributed by atoms with van der Waals surface area (Å²) < 4.78 is 54.5. The smallest absolute Gasteiger partial charge is 0.338 e. The molecule has 7 rings (SSSR count). The maximum absolute atomic E-state index is 15.5. The zero-order valence-corrected chi connectivity index (χ0v) is 28.8. The predicted molar refractivity (Wildman–Crippen MR) is 184 cm³/mol. The van der Waals surface area contributed by atoms with Crippen LogP contribution in [0.25, 0.3) is 0 Å². The summed E-state index contributed by atoms with van der Waals surface area (Å²) in [4.78, 5) is 52.1. The van der Waals surface area contributed by atoms with Gasteiger partial charge in [-0.15, -0.1) is 11.3 Å². The van der Waals surface area contributed by atoms with Crippen molar-refractivity contribution in [3.05, 3.63) is 116 Å². The molecule has 17 heteroatoms. The number of carbonyl (C=O) groups excluding carboxylic acids is 2. The van der Waals surface area contributed by atoms with Gasteiger partial charge in [0.2, 0.25) is 0 Å². The SMILES string of the molecule is COC(=O)C1=C(CN2CCN3C(=O)N(c4ccc(Oc5ccc(C(=O)O)cc5F)cc4F)C[C@@H]3C2)NC(c2nccs2)=N[C@H]1c1ccc(F)cc1Cl. The first-order chi connectivity index (χ1) is 25.0. The van der Waals surface area contributed by atoms with Crippen molar-refractivity contribution in [2.24, 2.45) is 4.99 Å². The molecule has 0 bridgehead atoms. The molecule has 0 saturated carbocycles. The number of aliphatic imine (C=N–C) groups is 1. The topological polar surface area (TPSA) is 137 Å². The fourth-order valence-electron chi connectivity index (χ4n) is 6.42. The molecule has 12 nitrogen and oxygen atoms in total. The van der Waals surface area contributed by atoms with Crippen LogP contribution in [0.3, 0.4) is 0 Å². The number of carbonyl (C=O) groups is 3. The van der Waals surface area contributed by atoms with Crippen LogP contribution in [0.5, 0.6) is 11.5 Å². The maximum Gasteiger partial charge on any atom is 0.338 e. The number of rotatable bonds is 9. The summed E-state index contributed by atoms with van der Waals surface area (Å²) in [5, 5.41) is 14.7. The fraction of sp³-hybridized carbons (Fsp3) is 0.229. The number of amides is 2. The summed E-state index contributed by atoms with van der Waals surface area (Å²) in [7, 11) is 1.25. The van der Waals surface area contributed by atoms with Gasteiger partial charge in [-0.25, -0.2) is 32.5 Å². The lowest BCUT2D eigenvalue weighted by molar-refractivity contribution is -0.136. The van der Waals surface area contributed by atoms with Gasteiger partial charge in [0.15, 0.2) is 28.2 Å². The Bertz CT molecular complexity index is 2150.